The quantitative estimate of drug-likeness (QED) is 0.313. The lowest BCUT2D eigenvalue weighted by Crippen LogP contribution is -2.39. The molecule has 0 rings (SSSR count). The van der Waals surface area contributed by atoms with E-state index in [1.807, 2.05) is 6.92 Å². The molecule has 110 valence electrons. The van der Waals surface area contributed by atoms with Crippen molar-refractivity contribution in [1.29, 1.82) is 0 Å². The largest absolute Gasteiger partial charge is 0.380 e. The van der Waals surface area contributed by atoms with Crippen LogP contribution in [0.2, 0.25) is 0 Å². The number of rotatable bonds is 7. The van der Waals surface area contributed by atoms with Crippen LogP contribution in [0, 0.1) is 5.41 Å². The van der Waals surface area contributed by atoms with Gasteiger partial charge in [0.15, 0.2) is 5.96 Å². The first kappa shape index (κ1) is 20.3. The van der Waals surface area contributed by atoms with Crippen LogP contribution in [0.1, 0.15) is 40.5 Å². The average Bonchev–Trinajstić information content (AvgIpc) is 2.25. The molecule has 4 nitrogen and oxygen atoms in total. The molecule has 0 aromatic heterocycles. The summed E-state index contributed by atoms with van der Waals surface area (Å²) >= 11 is 0. The number of nitrogens with one attached hydrogen (secondary N) is 2. The van der Waals surface area contributed by atoms with Crippen LogP contribution in [-0.2, 0) is 4.74 Å². The van der Waals surface area contributed by atoms with Gasteiger partial charge in [-0.2, -0.15) is 0 Å². The minimum absolute atomic E-state index is 0. The topological polar surface area (TPSA) is 45.6 Å². The van der Waals surface area contributed by atoms with E-state index in [4.69, 9.17) is 4.74 Å². The minimum atomic E-state index is 0. The Balaban J connectivity index is 0. The lowest BCUT2D eigenvalue weighted by Gasteiger charge is -2.18. The van der Waals surface area contributed by atoms with Gasteiger partial charge in [0.2, 0.25) is 0 Å². The Morgan fingerprint density at radius 3 is 2.28 bits per heavy atom. The molecule has 0 aliphatic heterocycles. The van der Waals surface area contributed by atoms with Gasteiger partial charge in [-0.1, -0.05) is 20.8 Å². The van der Waals surface area contributed by atoms with Crippen LogP contribution >= 0.6 is 24.0 Å². The van der Waals surface area contributed by atoms with Crippen molar-refractivity contribution in [2.75, 3.05) is 33.4 Å². The van der Waals surface area contributed by atoms with Crippen LogP contribution < -0.4 is 10.6 Å². The summed E-state index contributed by atoms with van der Waals surface area (Å²) in [6, 6.07) is 0. The summed E-state index contributed by atoms with van der Waals surface area (Å²) in [7, 11) is 1.79. The first-order valence-electron chi connectivity index (χ1n) is 6.52. The van der Waals surface area contributed by atoms with Gasteiger partial charge < -0.3 is 15.4 Å². The maximum Gasteiger partial charge on any atom is 0.191 e. The molecule has 18 heavy (non-hydrogen) atoms. The predicted molar refractivity (Wildman–Crippen MR) is 90.0 cm³/mol. The van der Waals surface area contributed by atoms with Gasteiger partial charge in [-0.15, -0.1) is 24.0 Å². The molecular formula is C13H30IN3O. The second kappa shape index (κ2) is 12.0. The molecular weight excluding hydrogens is 341 g/mol. The van der Waals surface area contributed by atoms with Gasteiger partial charge in [0.1, 0.15) is 0 Å². The summed E-state index contributed by atoms with van der Waals surface area (Å²) < 4.78 is 5.25. The zero-order valence-electron chi connectivity index (χ0n) is 12.5. The molecule has 0 fully saturated rings. The third-order valence-corrected chi connectivity index (χ3v) is 2.36. The zero-order valence-corrected chi connectivity index (χ0v) is 14.8. The van der Waals surface area contributed by atoms with Gasteiger partial charge in [-0.05, 0) is 25.2 Å². The Hall–Kier alpha value is -0.0400. The van der Waals surface area contributed by atoms with Gasteiger partial charge in [-0.25, -0.2) is 0 Å². The number of hydrogen-bond acceptors (Lipinski definition) is 2. The standard InChI is InChI=1S/C13H29N3O.HI/c1-6-17-11-10-16-12(14-5)15-9-7-8-13(2,3)4;/h6-11H2,1-5H3,(H2,14,15,16);1H. The Morgan fingerprint density at radius 2 is 1.78 bits per heavy atom. The molecule has 5 heteroatoms. The highest BCUT2D eigenvalue weighted by Gasteiger charge is 2.08. The van der Waals surface area contributed by atoms with E-state index >= 15 is 0 Å². The molecule has 0 aromatic carbocycles. The van der Waals surface area contributed by atoms with E-state index in [9.17, 15) is 0 Å². The van der Waals surface area contributed by atoms with Crippen molar-refractivity contribution in [3.8, 4) is 0 Å². The van der Waals surface area contributed by atoms with Gasteiger partial charge in [0.05, 0.1) is 6.61 Å². The van der Waals surface area contributed by atoms with Gasteiger partial charge in [0.25, 0.3) is 0 Å². The van der Waals surface area contributed by atoms with E-state index in [0.29, 0.717) is 5.41 Å². The number of aliphatic imine (C=N–C) groups is 1. The first-order valence-corrected chi connectivity index (χ1v) is 6.52. The number of hydrogen-bond donors (Lipinski definition) is 2. The fourth-order valence-corrected chi connectivity index (χ4v) is 1.43. The van der Waals surface area contributed by atoms with Crippen molar-refractivity contribution in [2.45, 2.75) is 40.5 Å². The summed E-state index contributed by atoms with van der Waals surface area (Å²) in [5.74, 6) is 0.860. The molecule has 0 atom stereocenters. The monoisotopic (exact) mass is 371 g/mol. The Morgan fingerprint density at radius 1 is 1.17 bits per heavy atom. The van der Waals surface area contributed by atoms with Crippen molar-refractivity contribution < 1.29 is 4.74 Å². The summed E-state index contributed by atoms with van der Waals surface area (Å²) in [4.78, 5) is 4.16. The smallest absolute Gasteiger partial charge is 0.191 e. The van der Waals surface area contributed by atoms with Crippen molar-refractivity contribution >= 4 is 29.9 Å². The molecule has 0 aliphatic rings. The van der Waals surface area contributed by atoms with Crippen LogP contribution in [0.5, 0.6) is 0 Å². The van der Waals surface area contributed by atoms with E-state index in [-0.39, 0.29) is 24.0 Å². The molecule has 0 heterocycles. The van der Waals surface area contributed by atoms with E-state index < -0.39 is 0 Å². The number of nitrogens with zero attached hydrogens (tertiary/aromatic N) is 1. The lowest BCUT2D eigenvalue weighted by molar-refractivity contribution is 0.152. The lowest BCUT2D eigenvalue weighted by atomic mass is 9.91. The van der Waals surface area contributed by atoms with Crippen molar-refractivity contribution in [3.63, 3.8) is 0 Å². The molecule has 0 aromatic rings. The highest BCUT2D eigenvalue weighted by Crippen LogP contribution is 2.19. The first-order chi connectivity index (χ1) is 7.99. The molecule has 0 radical (unpaired) electrons. The molecule has 0 saturated heterocycles. The second-order valence-electron chi connectivity index (χ2n) is 5.29. The van der Waals surface area contributed by atoms with Crippen molar-refractivity contribution in [2.24, 2.45) is 10.4 Å². The fourth-order valence-electron chi connectivity index (χ4n) is 1.43. The highest BCUT2D eigenvalue weighted by atomic mass is 127. The second-order valence-corrected chi connectivity index (χ2v) is 5.29. The van der Waals surface area contributed by atoms with Gasteiger partial charge in [-0.3, -0.25) is 4.99 Å². The summed E-state index contributed by atoms with van der Waals surface area (Å²) in [5, 5.41) is 6.52. The molecule has 0 unspecified atom stereocenters. The highest BCUT2D eigenvalue weighted by molar-refractivity contribution is 14.0. The number of guanidine groups is 1. The SMILES string of the molecule is CCOCCNC(=NC)NCCCC(C)(C)C.I. The third-order valence-electron chi connectivity index (χ3n) is 2.36. The Bertz CT molecular complexity index is 215. The Kier molecular flexibility index (Phi) is 13.5. The van der Waals surface area contributed by atoms with Crippen molar-refractivity contribution in [3.05, 3.63) is 0 Å². The van der Waals surface area contributed by atoms with Crippen LogP contribution in [-0.4, -0.2) is 39.3 Å². The molecule has 2 N–H and O–H groups in total. The molecule has 0 aliphatic carbocycles. The van der Waals surface area contributed by atoms with Crippen molar-refractivity contribution in [1.82, 2.24) is 10.6 Å². The van der Waals surface area contributed by atoms with Gasteiger partial charge >= 0.3 is 0 Å². The predicted octanol–water partition coefficient (Wildman–Crippen LogP) is 2.63. The molecule has 0 bridgehead atoms. The van der Waals surface area contributed by atoms with Crippen LogP contribution in [0.15, 0.2) is 4.99 Å². The minimum Gasteiger partial charge on any atom is -0.380 e. The van der Waals surface area contributed by atoms with E-state index in [0.717, 1.165) is 38.7 Å². The normalized spacial score (nSPS) is 11.9. The fraction of sp³-hybridized carbons (Fsp3) is 0.923. The maximum atomic E-state index is 5.25. The summed E-state index contributed by atoms with van der Waals surface area (Å²) in [6.07, 6.45) is 2.38. The van der Waals surface area contributed by atoms with E-state index in [2.05, 4.69) is 36.4 Å². The molecule has 0 saturated carbocycles. The Labute approximate surface area is 129 Å². The van der Waals surface area contributed by atoms with E-state index in [1.54, 1.807) is 7.05 Å². The zero-order chi connectivity index (χ0) is 13.1. The summed E-state index contributed by atoms with van der Waals surface area (Å²) in [6.45, 7) is 12.0. The maximum absolute atomic E-state index is 5.25. The van der Waals surface area contributed by atoms with E-state index in [1.165, 1.54) is 6.42 Å². The number of halogens is 1. The van der Waals surface area contributed by atoms with Gasteiger partial charge in [0, 0.05) is 26.7 Å². The third kappa shape index (κ3) is 14.0. The molecule has 0 amide bonds. The number of ether oxygens (including phenoxy) is 1. The molecule has 0 spiro atoms. The summed E-state index contributed by atoms with van der Waals surface area (Å²) in [5.41, 5.74) is 0.410. The van der Waals surface area contributed by atoms with Crippen LogP contribution in [0.3, 0.4) is 0 Å². The van der Waals surface area contributed by atoms with Crippen LogP contribution in [0.4, 0.5) is 0 Å². The average molecular weight is 371 g/mol. The van der Waals surface area contributed by atoms with Crippen LogP contribution in [0.25, 0.3) is 0 Å².